The summed E-state index contributed by atoms with van der Waals surface area (Å²) in [5.74, 6) is 6.39. The Hall–Kier alpha value is -1.73. The summed E-state index contributed by atoms with van der Waals surface area (Å²) in [6.07, 6.45) is 0.424. The van der Waals surface area contributed by atoms with Gasteiger partial charge in [0.05, 0.1) is 17.9 Å². The van der Waals surface area contributed by atoms with Gasteiger partial charge in [0.15, 0.2) is 5.12 Å². The quantitative estimate of drug-likeness (QED) is 0.768. The van der Waals surface area contributed by atoms with Gasteiger partial charge in [0.2, 0.25) is 5.91 Å². The molecule has 17 heavy (non-hydrogen) atoms. The minimum Gasteiger partial charge on any atom is -0.324 e. The van der Waals surface area contributed by atoms with Crippen LogP contribution in [0.5, 0.6) is 0 Å². The lowest BCUT2D eigenvalue weighted by atomic mass is 10.1. The molecular formula is C13H11NO2S. The number of hydrogen-bond donors (Lipinski definition) is 1. The zero-order valence-electron chi connectivity index (χ0n) is 9.37. The fourth-order valence-corrected chi connectivity index (χ4v) is 1.97. The van der Waals surface area contributed by atoms with E-state index in [9.17, 15) is 9.59 Å². The van der Waals surface area contributed by atoms with Crippen molar-refractivity contribution in [1.29, 1.82) is 0 Å². The summed E-state index contributed by atoms with van der Waals surface area (Å²) in [5, 5.41) is 2.86. The van der Waals surface area contributed by atoms with Gasteiger partial charge in [-0.3, -0.25) is 9.59 Å². The Kier molecular flexibility index (Phi) is 3.50. The van der Waals surface area contributed by atoms with E-state index < -0.39 is 0 Å². The number of amides is 1. The van der Waals surface area contributed by atoms with Crippen molar-refractivity contribution >= 4 is 28.5 Å². The zero-order chi connectivity index (χ0) is 12.3. The lowest BCUT2D eigenvalue weighted by Crippen LogP contribution is -2.04. The van der Waals surface area contributed by atoms with Gasteiger partial charge < -0.3 is 5.32 Å². The number of anilines is 1. The molecule has 1 heterocycles. The number of thioether (sulfide) groups is 1. The third-order valence-electron chi connectivity index (χ3n) is 2.34. The summed E-state index contributed by atoms with van der Waals surface area (Å²) in [7, 11) is 0. The molecular weight excluding hydrogens is 234 g/mol. The zero-order valence-corrected chi connectivity index (χ0v) is 10.2. The van der Waals surface area contributed by atoms with Crippen LogP contribution in [0, 0.1) is 11.8 Å². The van der Waals surface area contributed by atoms with Crippen LogP contribution in [-0.2, 0) is 16.0 Å². The molecule has 1 aromatic rings. The first-order chi connectivity index (χ1) is 8.16. The molecule has 1 N–H and O–H groups in total. The fourth-order valence-electron chi connectivity index (χ4n) is 1.62. The van der Waals surface area contributed by atoms with Crippen LogP contribution in [0.15, 0.2) is 18.2 Å². The van der Waals surface area contributed by atoms with Crippen LogP contribution >= 0.6 is 11.8 Å². The average molecular weight is 245 g/mol. The molecule has 1 aliphatic rings. The fraction of sp³-hybridized carbons (Fsp3) is 0.231. The highest BCUT2D eigenvalue weighted by Crippen LogP contribution is 2.26. The van der Waals surface area contributed by atoms with Crippen molar-refractivity contribution < 1.29 is 9.59 Å². The van der Waals surface area contributed by atoms with Gasteiger partial charge in [0.25, 0.3) is 0 Å². The van der Waals surface area contributed by atoms with Crippen LogP contribution in [0.2, 0.25) is 0 Å². The Balaban J connectivity index is 2.15. The SMILES string of the molecule is CC(=O)SCC#Cc1cccc2c1NC(=O)C2. The van der Waals surface area contributed by atoms with Crippen LogP contribution in [0.1, 0.15) is 18.1 Å². The van der Waals surface area contributed by atoms with Crippen molar-refractivity contribution in [3.63, 3.8) is 0 Å². The topological polar surface area (TPSA) is 46.2 Å². The van der Waals surface area contributed by atoms with Crippen LogP contribution in [0.25, 0.3) is 0 Å². The number of benzene rings is 1. The van der Waals surface area contributed by atoms with E-state index in [1.54, 1.807) is 0 Å². The van der Waals surface area contributed by atoms with Gasteiger partial charge in [-0.1, -0.05) is 35.7 Å². The molecule has 1 aliphatic heterocycles. The maximum atomic E-state index is 11.3. The maximum absolute atomic E-state index is 11.3. The van der Waals surface area contributed by atoms with Crippen LogP contribution in [-0.4, -0.2) is 16.8 Å². The Bertz CT molecular complexity index is 540. The smallest absolute Gasteiger partial charge is 0.228 e. The van der Waals surface area contributed by atoms with Crippen molar-refractivity contribution in [2.45, 2.75) is 13.3 Å². The predicted molar refractivity (Wildman–Crippen MR) is 68.8 cm³/mol. The first-order valence-corrected chi connectivity index (χ1v) is 6.19. The highest BCUT2D eigenvalue weighted by molar-refractivity contribution is 8.13. The Morgan fingerprint density at radius 2 is 2.35 bits per heavy atom. The van der Waals surface area contributed by atoms with Crippen LogP contribution in [0.3, 0.4) is 0 Å². The van der Waals surface area contributed by atoms with Gasteiger partial charge in [-0.25, -0.2) is 0 Å². The molecule has 0 aromatic heterocycles. The van der Waals surface area contributed by atoms with Crippen molar-refractivity contribution in [3.8, 4) is 11.8 Å². The number of para-hydroxylation sites is 1. The average Bonchev–Trinajstić information content (AvgIpc) is 2.65. The molecule has 0 spiro atoms. The van der Waals surface area contributed by atoms with Gasteiger partial charge in [0.1, 0.15) is 0 Å². The van der Waals surface area contributed by atoms with Gasteiger partial charge >= 0.3 is 0 Å². The van der Waals surface area contributed by atoms with Crippen molar-refractivity contribution in [2.24, 2.45) is 0 Å². The summed E-state index contributed by atoms with van der Waals surface area (Å²) >= 11 is 1.18. The van der Waals surface area contributed by atoms with Gasteiger partial charge in [0, 0.05) is 12.5 Å². The van der Waals surface area contributed by atoms with E-state index in [4.69, 9.17) is 0 Å². The molecule has 0 saturated heterocycles. The number of fused-ring (bicyclic) bond motifs is 1. The third-order valence-corrected chi connectivity index (χ3v) is 3.03. The molecule has 0 fully saturated rings. The molecule has 2 rings (SSSR count). The van der Waals surface area contributed by atoms with Crippen molar-refractivity contribution in [2.75, 3.05) is 11.1 Å². The molecule has 1 amide bonds. The first kappa shape index (κ1) is 11.7. The summed E-state index contributed by atoms with van der Waals surface area (Å²) in [4.78, 5) is 22.0. The van der Waals surface area contributed by atoms with Crippen LogP contribution in [0.4, 0.5) is 5.69 Å². The molecule has 4 heteroatoms. The normalized spacial score (nSPS) is 12.4. The number of carbonyl (C=O) groups excluding carboxylic acids is 2. The number of nitrogens with one attached hydrogen (secondary N) is 1. The van der Waals surface area contributed by atoms with E-state index in [2.05, 4.69) is 17.2 Å². The highest BCUT2D eigenvalue weighted by Gasteiger charge is 2.19. The molecule has 0 radical (unpaired) electrons. The minimum absolute atomic E-state index is 0.00682. The second kappa shape index (κ2) is 5.07. The van der Waals surface area contributed by atoms with E-state index in [1.165, 1.54) is 18.7 Å². The lowest BCUT2D eigenvalue weighted by molar-refractivity contribution is -0.115. The largest absolute Gasteiger partial charge is 0.324 e. The molecule has 3 nitrogen and oxygen atoms in total. The minimum atomic E-state index is 0.00682. The van der Waals surface area contributed by atoms with Gasteiger partial charge in [-0.2, -0.15) is 0 Å². The van der Waals surface area contributed by atoms with E-state index in [-0.39, 0.29) is 11.0 Å². The summed E-state index contributed by atoms with van der Waals surface area (Å²) in [6.45, 7) is 1.52. The van der Waals surface area contributed by atoms with Gasteiger partial charge in [-0.15, -0.1) is 0 Å². The molecule has 86 valence electrons. The lowest BCUT2D eigenvalue weighted by Gasteiger charge is -2.00. The van der Waals surface area contributed by atoms with Gasteiger partial charge in [-0.05, 0) is 11.6 Å². The van der Waals surface area contributed by atoms with E-state index in [1.807, 2.05) is 18.2 Å². The van der Waals surface area contributed by atoms with E-state index >= 15 is 0 Å². The Morgan fingerprint density at radius 1 is 1.53 bits per heavy atom. The molecule has 0 saturated carbocycles. The van der Waals surface area contributed by atoms with Crippen molar-refractivity contribution in [1.82, 2.24) is 0 Å². The molecule has 0 aliphatic carbocycles. The standard InChI is InChI=1S/C13H11NO2S/c1-9(15)17-7-3-6-10-4-2-5-11-8-12(16)14-13(10)11/h2,4-5H,7-8H2,1H3,(H,14,16). The van der Waals surface area contributed by atoms with Crippen LogP contribution < -0.4 is 5.32 Å². The second-order valence-electron chi connectivity index (χ2n) is 3.65. The molecule has 0 bridgehead atoms. The van der Waals surface area contributed by atoms with Crippen molar-refractivity contribution in [3.05, 3.63) is 29.3 Å². The van der Waals surface area contributed by atoms with E-state index in [0.29, 0.717) is 12.2 Å². The molecule has 0 atom stereocenters. The predicted octanol–water partition coefficient (Wildman–Crippen LogP) is 1.81. The molecule has 0 unspecified atom stereocenters. The first-order valence-electron chi connectivity index (χ1n) is 5.21. The summed E-state index contributed by atoms with van der Waals surface area (Å²) in [5.41, 5.74) is 2.62. The number of carbonyl (C=O) groups is 2. The number of rotatable bonds is 1. The summed E-state index contributed by atoms with van der Waals surface area (Å²) < 4.78 is 0. The Labute approximate surface area is 104 Å². The Morgan fingerprint density at radius 3 is 3.12 bits per heavy atom. The van der Waals surface area contributed by atoms with E-state index in [0.717, 1.165) is 16.8 Å². The second-order valence-corrected chi connectivity index (χ2v) is 4.80. The third kappa shape index (κ3) is 2.89. The maximum Gasteiger partial charge on any atom is 0.228 e. The highest BCUT2D eigenvalue weighted by atomic mass is 32.2. The summed E-state index contributed by atoms with van der Waals surface area (Å²) in [6, 6.07) is 5.68. The molecule has 1 aromatic carbocycles. The monoisotopic (exact) mass is 245 g/mol. The number of hydrogen-bond acceptors (Lipinski definition) is 3.